The predicted molar refractivity (Wildman–Crippen MR) is 99.3 cm³/mol. The Labute approximate surface area is 151 Å². The summed E-state index contributed by atoms with van der Waals surface area (Å²) in [6.07, 6.45) is 3.44. The molecule has 0 spiro atoms. The zero-order valence-electron chi connectivity index (χ0n) is 14.6. The zero-order chi connectivity index (χ0) is 17.8. The van der Waals surface area contributed by atoms with Crippen LogP contribution in [-0.4, -0.2) is 38.5 Å². The van der Waals surface area contributed by atoms with E-state index in [0.717, 1.165) is 30.4 Å². The summed E-state index contributed by atoms with van der Waals surface area (Å²) in [6, 6.07) is 11.6. The van der Waals surface area contributed by atoms with Crippen molar-refractivity contribution in [2.45, 2.75) is 31.7 Å². The Morgan fingerprint density at radius 3 is 3.04 bits per heavy atom. The smallest absolute Gasteiger partial charge is 0.254 e. The maximum absolute atomic E-state index is 13.2. The molecule has 5 rings (SSSR count). The minimum absolute atomic E-state index is 0.0963. The number of phenols is 1. The molecule has 1 amide bonds. The van der Waals surface area contributed by atoms with Crippen molar-refractivity contribution in [2.24, 2.45) is 5.92 Å². The number of amides is 1. The summed E-state index contributed by atoms with van der Waals surface area (Å²) in [6.45, 7) is 2.99. The molecular weight excluding hydrogens is 326 g/mol. The first-order valence-electron chi connectivity index (χ1n) is 9.18. The molecule has 0 unspecified atom stereocenters. The van der Waals surface area contributed by atoms with E-state index < -0.39 is 0 Å². The third-order valence-electron chi connectivity index (χ3n) is 6.21. The van der Waals surface area contributed by atoms with E-state index in [4.69, 9.17) is 0 Å². The molecule has 3 atom stereocenters. The number of benzene rings is 2. The summed E-state index contributed by atoms with van der Waals surface area (Å²) < 4.78 is 0. The number of fused-ring (bicyclic) bond motifs is 5. The van der Waals surface area contributed by atoms with Crippen molar-refractivity contribution < 1.29 is 9.90 Å². The molecule has 3 aromatic rings. The number of phenolic OH excluding ortho intramolecular Hbond substituents is 1. The number of carbonyl (C=O) groups is 1. The maximum Gasteiger partial charge on any atom is 0.254 e. The van der Waals surface area contributed by atoms with Crippen molar-refractivity contribution in [2.75, 3.05) is 6.54 Å². The topological polar surface area (TPSA) is 69.2 Å². The molecule has 26 heavy (non-hydrogen) atoms. The second kappa shape index (κ2) is 5.59. The molecule has 2 N–H and O–H groups in total. The highest BCUT2D eigenvalue weighted by atomic mass is 16.3. The lowest BCUT2D eigenvalue weighted by Gasteiger charge is -2.48. The van der Waals surface area contributed by atoms with Crippen LogP contribution in [0.15, 0.2) is 42.7 Å². The number of nitrogens with one attached hydrogen (secondary N) is 1. The summed E-state index contributed by atoms with van der Waals surface area (Å²) in [4.78, 5) is 22.6. The van der Waals surface area contributed by atoms with Gasteiger partial charge in [-0.25, -0.2) is 4.98 Å². The van der Waals surface area contributed by atoms with E-state index in [1.54, 1.807) is 12.4 Å². The van der Waals surface area contributed by atoms with E-state index >= 15 is 0 Å². The number of likely N-dealkylation sites (tertiary alicyclic amines) is 1. The monoisotopic (exact) mass is 347 g/mol. The van der Waals surface area contributed by atoms with Crippen molar-refractivity contribution in [1.82, 2.24) is 14.9 Å². The van der Waals surface area contributed by atoms with Gasteiger partial charge in [-0.05, 0) is 66.1 Å². The van der Waals surface area contributed by atoms with E-state index in [1.165, 1.54) is 11.1 Å². The van der Waals surface area contributed by atoms with Crippen LogP contribution in [-0.2, 0) is 6.42 Å². The molecule has 132 valence electrons. The Bertz CT molecular complexity index is 1010. The van der Waals surface area contributed by atoms with Gasteiger partial charge in [0, 0.05) is 18.2 Å². The number of hydrogen-bond acceptors (Lipinski definition) is 3. The number of nitrogens with zero attached hydrogens (tertiary/aromatic N) is 2. The van der Waals surface area contributed by atoms with Gasteiger partial charge in [0.2, 0.25) is 0 Å². The second-order valence-electron chi connectivity index (χ2n) is 7.54. The van der Waals surface area contributed by atoms with E-state index in [-0.39, 0.29) is 11.9 Å². The highest BCUT2D eigenvalue weighted by molar-refractivity contribution is 5.97. The highest BCUT2D eigenvalue weighted by Gasteiger charge is 2.42. The van der Waals surface area contributed by atoms with Gasteiger partial charge in [0.25, 0.3) is 5.91 Å². The fourth-order valence-electron chi connectivity index (χ4n) is 4.82. The van der Waals surface area contributed by atoms with Gasteiger partial charge in [-0.1, -0.05) is 13.0 Å². The first-order valence-corrected chi connectivity index (χ1v) is 9.18. The molecule has 0 radical (unpaired) electrons. The number of aromatic amines is 1. The molecule has 2 bridgehead atoms. The van der Waals surface area contributed by atoms with Crippen LogP contribution < -0.4 is 0 Å². The van der Waals surface area contributed by atoms with Gasteiger partial charge in [-0.15, -0.1) is 0 Å². The Kier molecular flexibility index (Phi) is 3.32. The first-order chi connectivity index (χ1) is 12.6. The van der Waals surface area contributed by atoms with Crippen molar-refractivity contribution in [1.29, 1.82) is 0 Å². The third kappa shape index (κ3) is 2.23. The molecule has 2 aliphatic rings. The van der Waals surface area contributed by atoms with Crippen LogP contribution in [0.5, 0.6) is 5.75 Å². The van der Waals surface area contributed by atoms with Gasteiger partial charge >= 0.3 is 0 Å². The minimum Gasteiger partial charge on any atom is -0.508 e. The fourth-order valence-corrected chi connectivity index (χ4v) is 4.82. The van der Waals surface area contributed by atoms with Gasteiger partial charge in [-0.2, -0.15) is 0 Å². The number of imidazole rings is 1. The van der Waals surface area contributed by atoms with E-state index in [2.05, 4.69) is 21.8 Å². The lowest BCUT2D eigenvalue weighted by molar-refractivity contribution is 0.0438. The van der Waals surface area contributed by atoms with E-state index in [9.17, 15) is 9.90 Å². The Hall–Kier alpha value is -2.82. The first kappa shape index (κ1) is 15.4. The van der Waals surface area contributed by atoms with Crippen molar-refractivity contribution in [3.8, 4) is 5.75 Å². The van der Waals surface area contributed by atoms with Crippen LogP contribution >= 0.6 is 0 Å². The molecule has 0 saturated carbocycles. The molecule has 1 aliphatic carbocycles. The number of piperidine rings is 1. The molecular formula is C21H21N3O2. The van der Waals surface area contributed by atoms with Crippen LogP contribution in [0.4, 0.5) is 0 Å². The lowest BCUT2D eigenvalue weighted by atomic mass is 9.68. The number of carbonyl (C=O) groups excluding carboxylic acids is 1. The van der Waals surface area contributed by atoms with Crippen molar-refractivity contribution in [3.63, 3.8) is 0 Å². The molecule has 2 heterocycles. The molecule has 5 heteroatoms. The number of H-pyrrole nitrogens is 1. The van der Waals surface area contributed by atoms with Gasteiger partial charge in [0.05, 0.1) is 17.4 Å². The SMILES string of the molecule is C[C@H]1[C@H]2Cc3ccc(O)cc3[C@@H]1CCN2C(=O)c1ccc2nc[nH]c2c1. The Balaban J connectivity index is 1.49. The van der Waals surface area contributed by atoms with E-state index in [1.807, 2.05) is 30.3 Å². The van der Waals surface area contributed by atoms with Crippen molar-refractivity contribution in [3.05, 3.63) is 59.4 Å². The molecule has 1 aromatic heterocycles. The van der Waals surface area contributed by atoms with Gasteiger partial charge < -0.3 is 15.0 Å². The molecule has 2 aromatic carbocycles. The van der Waals surface area contributed by atoms with Gasteiger partial charge in [0.15, 0.2) is 0 Å². The average Bonchev–Trinajstić information content (AvgIpc) is 3.10. The van der Waals surface area contributed by atoms with Crippen LogP contribution in [0.2, 0.25) is 0 Å². The molecule has 1 aliphatic heterocycles. The predicted octanol–water partition coefficient (Wildman–Crippen LogP) is 3.46. The number of aromatic nitrogens is 2. The highest BCUT2D eigenvalue weighted by Crippen LogP contribution is 2.45. The summed E-state index contributed by atoms with van der Waals surface area (Å²) >= 11 is 0. The summed E-state index contributed by atoms with van der Waals surface area (Å²) in [5, 5.41) is 9.86. The van der Waals surface area contributed by atoms with Crippen LogP contribution in [0, 0.1) is 5.92 Å². The van der Waals surface area contributed by atoms with Crippen LogP contribution in [0.1, 0.15) is 40.7 Å². The summed E-state index contributed by atoms with van der Waals surface area (Å²) in [7, 11) is 0. The second-order valence-corrected chi connectivity index (χ2v) is 7.54. The van der Waals surface area contributed by atoms with Crippen molar-refractivity contribution >= 4 is 16.9 Å². The number of aromatic hydroxyl groups is 1. The molecule has 5 nitrogen and oxygen atoms in total. The normalized spacial score (nSPS) is 24.5. The van der Waals surface area contributed by atoms with Gasteiger partial charge in [0.1, 0.15) is 5.75 Å². The fraction of sp³-hybridized carbons (Fsp3) is 0.333. The standard InChI is InChI=1S/C21H21N3O2/c1-12-16-6-7-24(20(12)9-13-2-4-15(25)10-17(13)16)21(26)14-3-5-18-19(8-14)23-11-22-18/h2-5,8,10-12,16,20,25H,6-7,9H2,1H3,(H,22,23)/t12-,16-,20-/m1/s1. The average molecular weight is 347 g/mol. The third-order valence-corrected chi connectivity index (χ3v) is 6.21. The van der Waals surface area contributed by atoms with Crippen LogP contribution in [0.25, 0.3) is 11.0 Å². The summed E-state index contributed by atoms with van der Waals surface area (Å²) in [5.41, 5.74) is 5.00. The van der Waals surface area contributed by atoms with Gasteiger partial charge in [-0.3, -0.25) is 4.79 Å². The number of hydrogen-bond donors (Lipinski definition) is 2. The maximum atomic E-state index is 13.2. The Morgan fingerprint density at radius 2 is 2.15 bits per heavy atom. The lowest BCUT2D eigenvalue weighted by Crippen LogP contribution is -2.53. The zero-order valence-corrected chi connectivity index (χ0v) is 14.6. The molecule has 1 fully saturated rings. The quantitative estimate of drug-likeness (QED) is 0.708. The summed E-state index contributed by atoms with van der Waals surface area (Å²) in [5.74, 6) is 1.23. The largest absolute Gasteiger partial charge is 0.508 e. The minimum atomic E-state index is 0.0963. The van der Waals surface area contributed by atoms with E-state index in [0.29, 0.717) is 23.1 Å². The Morgan fingerprint density at radius 1 is 1.27 bits per heavy atom. The molecule has 1 saturated heterocycles. The number of rotatable bonds is 1. The van der Waals surface area contributed by atoms with Crippen LogP contribution in [0.3, 0.4) is 0 Å².